The molecular formula is C27H26N2O5. The Morgan fingerprint density at radius 3 is 2.97 bits per heavy atom. The number of hydrogen-bond acceptors (Lipinski definition) is 6. The molecule has 2 aromatic carbocycles. The Bertz CT molecular complexity index is 1330. The molecule has 0 spiro atoms. The third kappa shape index (κ3) is 4.55. The van der Waals surface area contributed by atoms with Gasteiger partial charge in [-0.15, -0.1) is 0 Å². The van der Waals surface area contributed by atoms with Crippen LogP contribution >= 0.6 is 0 Å². The molecule has 0 saturated carbocycles. The number of nitrogens with zero attached hydrogens (tertiary/aromatic N) is 1. The summed E-state index contributed by atoms with van der Waals surface area (Å²) in [6.45, 7) is 1.15. The van der Waals surface area contributed by atoms with Gasteiger partial charge in [0.1, 0.15) is 22.9 Å². The molecular weight excluding hydrogens is 432 g/mol. The van der Waals surface area contributed by atoms with Gasteiger partial charge in [-0.05, 0) is 41.5 Å². The highest BCUT2D eigenvalue weighted by Gasteiger charge is 2.24. The van der Waals surface area contributed by atoms with Gasteiger partial charge in [-0.25, -0.2) is 4.98 Å². The van der Waals surface area contributed by atoms with Crippen LogP contribution in [0.5, 0.6) is 11.5 Å². The highest BCUT2D eigenvalue weighted by molar-refractivity contribution is 5.84. The Hall–Kier alpha value is -4.00. The van der Waals surface area contributed by atoms with Gasteiger partial charge < -0.3 is 24.3 Å². The van der Waals surface area contributed by atoms with Crippen LogP contribution in [0.2, 0.25) is 0 Å². The van der Waals surface area contributed by atoms with E-state index in [-0.39, 0.29) is 12.3 Å². The van der Waals surface area contributed by atoms with Crippen LogP contribution in [0, 0.1) is 0 Å². The monoisotopic (exact) mass is 458 g/mol. The summed E-state index contributed by atoms with van der Waals surface area (Å²) < 4.78 is 17.5. The Balaban J connectivity index is 1.35. The molecule has 2 N–H and O–H groups in total. The number of anilines is 1. The van der Waals surface area contributed by atoms with Crippen LogP contribution in [0.25, 0.3) is 11.0 Å². The van der Waals surface area contributed by atoms with E-state index >= 15 is 0 Å². The molecule has 1 unspecified atom stereocenters. The van der Waals surface area contributed by atoms with Crippen molar-refractivity contribution in [1.82, 2.24) is 4.98 Å². The molecule has 0 saturated heterocycles. The standard InChI is InChI=1S/C27H26N2O5/c1-28-26-4-2-3-19(29-26)10-12-32-20-7-8-21-23(16-34-25(21)14-20)22(15-27(30)31)18-6-5-17-9-11-33-24(17)13-18/h2-8,13-14,16,22H,9-12,15H2,1H3,(H,28,29)(H,30,31). The quantitative estimate of drug-likeness (QED) is 0.363. The van der Waals surface area contributed by atoms with E-state index in [0.29, 0.717) is 31.0 Å². The van der Waals surface area contributed by atoms with Gasteiger partial charge in [-0.2, -0.15) is 0 Å². The van der Waals surface area contributed by atoms with Crippen LogP contribution in [-0.4, -0.2) is 36.3 Å². The summed E-state index contributed by atoms with van der Waals surface area (Å²) in [4.78, 5) is 16.2. The number of hydrogen-bond donors (Lipinski definition) is 2. The number of aliphatic carboxylic acids is 1. The lowest BCUT2D eigenvalue weighted by molar-refractivity contribution is -0.137. The first-order chi connectivity index (χ1) is 16.6. The summed E-state index contributed by atoms with van der Waals surface area (Å²) in [6.07, 6.45) is 3.18. The van der Waals surface area contributed by atoms with Crippen molar-refractivity contribution in [3.8, 4) is 11.5 Å². The maximum atomic E-state index is 11.7. The number of aromatic nitrogens is 1. The Morgan fingerprint density at radius 1 is 1.21 bits per heavy atom. The van der Waals surface area contributed by atoms with E-state index < -0.39 is 5.97 Å². The smallest absolute Gasteiger partial charge is 0.304 e. The SMILES string of the molecule is CNc1cccc(CCOc2ccc3c(C(CC(=O)O)c4ccc5c(c4)OCC5)coc3c2)n1. The van der Waals surface area contributed by atoms with Gasteiger partial charge in [-0.3, -0.25) is 4.79 Å². The van der Waals surface area contributed by atoms with E-state index in [9.17, 15) is 9.90 Å². The van der Waals surface area contributed by atoms with E-state index in [4.69, 9.17) is 13.9 Å². The number of carboxylic acid groups (broad SMARTS) is 1. The molecule has 2 aromatic heterocycles. The van der Waals surface area contributed by atoms with Crippen LogP contribution in [0.15, 0.2) is 65.3 Å². The van der Waals surface area contributed by atoms with Gasteiger partial charge in [-0.1, -0.05) is 18.2 Å². The average molecular weight is 459 g/mol. The first kappa shape index (κ1) is 21.8. The van der Waals surface area contributed by atoms with Gasteiger partial charge in [0.2, 0.25) is 0 Å². The minimum atomic E-state index is -0.864. The molecule has 1 aliphatic heterocycles. The molecule has 0 radical (unpaired) electrons. The zero-order chi connectivity index (χ0) is 23.5. The number of carbonyl (C=O) groups is 1. The second kappa shape index (κ2) is 9.47. The lowest BCUT2D eigenvalue weighted by atomic mass is 9.87. The lowest BCUT2D eigenvalue weighted by Crippen LogP contribution is -2.08. The van der Waals surface area contributed by atoms with Crippen molar-refractivity contribution in [1.29, 1.82) is 0 Å². The summed E-state index contributed by atoms with van der Waals surface area (Å²) in [6, 6.07) is 17.5. The fourth-order valence-corrected chi connectivity index (χ4v) is 4.40. The average Bonchev–Trinajstić information content (AvgIpc) is 3.49. The van der Waals surface area contributed by atoms with Crippen LogP contribution in [0.4, 0.5) is 5.82 Å². The van der Waals surface area contributed by atoms with Crippen molar-refractivity contribution in [2.24, 2.45) is 0 Å². The number of ether oxygens (including phenoxy) is 2. The first-order valence-corrected chi connectivity index (χ1v) is 11.4. The number of fused-ring (bicyclic) bond motifs is 2. The fourth-order valence-electron chi connectivity index (χ4n) is 4.40. The van der Waals surface area contributed by atoms with Gasteiger partial charge in [0.15, 0.2) is 0 Å². The minimum Gasteiger partial charge on any atom is -0.493 e. The first-order valence-electron chi connectivity index (χ1n) is 11.4. The van der Waals surface area contributed by atoms with Gasteiger partial charge in [0, 0.05) is 48.5 Å². The van der Waals surface area contributed by atoms with Crippen molar-refractivity contribution < 1.29 is 23.8 Å². The Labute approximate surface area is 197 Å². The van der Waals surface area contributed by atoms with Crippen LogP contribution in [0.1, 0.15) is 34.7 Å². The predicted molar refractivity (Wildman–Crippen MR) is 129 cm³/mol. The van der Waals surface area contributed by atoms with E-state index in [2.05, 4.69) is 10.3 Å². The van der Waals surface area contributed by atoms with Crippen molar-refractivity contribution in [3.63, 3.8) is 0 Å². The number of carboxylic acids is 1. The molecule has 1 atom stereocenters. The molecule has 174 valence electrons. The van der Waals surface area contributed by atoms with Crippen molar-refractivity contribution in [2.75, 3.05) is 25.6 Å². The Kier molecular flexibility index (Phi) is 6.08. The number of benzene rings is 2. The molecule has 0 amide bonds. The molecule has 0 aliphatic carbocycles. The topological polar surface area (TPSA) is 93.8 Å². The largest absolute Gasteiger partial charge is 0.493 e. The Morgan fingerprint density at radius 2 is 2.12 bits per heavy atom. The second-order valence-electron chi connectivity index (χ2n) is 8.33. The molecule has 1 aliphatic rings. The number of rotatable bonds is 9. The molecule has 34 heavy (non-hydrogen) atoms. The molecule has 0 fully saturated rings. The van der Waals surface area contributed by atoms with E-state index in [1.807, 2.05) is 61.6 Å². The zero-order valence-corrected chi connectivity index (χ0v) is 18.9. The summed E-state index contributed by atoms with van der Waals surface area (Å²) in [5.41, 5.74) is 4.51. The number of furan rings is 1. The van der Waals surface area contributed by atoms with E-state index in [1.165, 1.54) is 0 Å². The summed E-state index contributed by atoms with van der Waals surface area (Å²) >= 11 is 0. The number of nitrogens with one attached hydrogen (secondary N) is 1. The molecule has 7 heteroatoms. The molecule has 4 aromatic rings. The molecule has 7 nitrogen and oxygen atoms in total. The molecule has 5 rings (SSSR count). The second-order valence-corrected chi connectivity index (χ2v) is 8.33. The van der Waals surface area contributed by atoms with Crippen LogP contribution in [0.3, 0.4) is 0 Å². The normalized spacial score (nSPS) is 13.3. The van der Waals surface area contributed by atoms with Crippen molar-refractivity contribution in [3.05, 3.63) is 83.2 Å². The lowest BCUT2D eigenvalue weighted by Gasteiger charge is -2.15. The maximum Gasteiger partial charge on any atom is 0.304 e. The van der Waals surface area contributed by atoms with Crippen LogP contribution < -0.4 is 14.8 Å². The zero-order valence-electron chi connectivity index (χ0n) is 18.9. The highest BCUT2D eigenvalue weighted by Crippen LogP contribution is 2.38. The predicted octanol–water partition coefficient (Wildman–Crippen LogP) is 5.03. The maximum absolute atomic E-state index is 11.7. The van der Waals surface area contributed by atoms with Gasteiger partial charge in [0.05, 0.1) is 25.9 Å². The van der Waals surface area contributed by atoms with E-state index in [0.717, 1.165) is 45.8 Å². The number of pyridine rings is 1. The highest BCUT2D eigenvalue weighted by atomic mass is 16.5. The summed E-state index contributed by atoms with van der Waals surface area (Å²) in [7, 11) is 1.84. The fraction of sp³-hybridized carbons (Fsp3) is 0.259. The van der Waals surface area contributed by atoms with Gasteiger partial charge >= 0.3 is 5.97 Å². The van der Waals surface area contributed by atoms with Gasteiger partial charge in [0.25, 0.3) is 0 Å². The van der Waals surface area contributed by atoms with E-state index in [1.54, 1.807) is 6.26 Å². The third-order valence-electron chi connectivity index (χ3n) is 6.14. The summed E-state index contributed by atoms with van der Waals surface area (Å²) in [5, 5.41) is 13.5. The van der Waals surface area contributed by atoms with Crippen molar-refractivity contribution >= 4 is 22.8 Å². The van der Waals surface area contributed by atoms with Crippen LogP contribution in [-0.2, 0) is 17.6 Å². The summed E-state index contributed by atoms with van der Waals surface area (Å²) in [5.74, 6) is 1.15. The molecule has 0 bridgehead atoms. The molecule has 3 heterocycles. The van der Waals surface area contributed by atoms with Crippen molar-refractivity contribution in [2.45, 2.75) is 25.2 Å². The third-order valence-corrected chi connectivity index (χ3v) is 6.14. The minimum absolute atomic E-state index is 0.0373.